The third-order valence-electron chi connectivity index (χ3n) is 1.81. The second-order valence-electron chi connectivity index (χ2n) is 2.91. The molecule has 1 aromatic rings. The maximum Gasteiger partial charge on any atom is 0.374 e. The minimum Gasteiger partial charge on any atom is -0.460 e. The fourth-order valence-corrected chi connectivity index (χ4v) is 1.68. The van der Waals surface area contributed by atoms with Crippen LogP contribution in [-0.2, 0) is 20.7 Å². The summed E-state index contributed by atoms with van der Waals surface area (Å²) in [7, 11) is 0. The van der Waals surface area contributed by atoms with Crippen LogP contribution in [0.15, 0.2) is 24.3 Å². The second kappa shape index (κ2) is 5.85. The lowest BCUT2D eigenvalue weighted by molar-refractivity contribution is -0.153. The van der Waals surface area contributed by atoms with Gasteiger partial charge in [-0.3, -0.25) is 4.79 Å². The zero-order valence-corrected chi connectivity index (χ0v) is 10.5. The molecule has 1 aromatic carbocycles. The van der Waals surface area contributed by atoms with E-state index in [0.717, 1.165) is 9.13 Å². The van der Waals surface area contributed by atoms with E-state index in [1.165, 1.54) is 0 Å². The summed E-state index contributed by atoms with van der Waals surface area (Å²) in [4.78, 5) is 22.5. The molecule has 0 heterocycles. The van der Waals surface area contributed by atoms with E-state index >= 15 is 0 Å². The molecule has 0 N–H and O–H groups in total. The number of Topliss-reactive ketones (excluding diaryl/α,β-unsaturated/α-hetero) is 1. The number of hydrogen-bond acceptors (Lipinski definition) is 3. The van der Waals surface area contributed by atoms with Crippen LogP contribution < -0.4 is 0 Å². The predicted molar refractivity (Wildman–Crippen MR) is 64.5 cm³/mol. The summed E-state index contributed by atoms with van der Waals surface area (Å²) in [6, 6.07) is 7.46. The lowest BCUT2D eigenvalue weighted by Gasteiger charge is -2.03. The van der Waals surface area contributed by atoms with Crippen molar-refractivity contribution < 1.29 is 14.3 Å². The molecule has 80 valence electrons. The van der Waals surface area contributed by atoms with Crippen molar-refractivity contribution in [1.82, 2.24) is 0 Å². The van der Waals surface area contributed by atoms with Crippen molar-refractivity contribution in [1.29, 1.82) is 0 Å². The lowest BCUT2D eigenvalue weighted by Crippen LogP contribution is -2.19. The molecule has 1 rings (SSSR count). The minimum absolute atomic E-state index is 0.109. The maximum atomic E-state index is 11.4. The number of hydrogen-bond donors (Lipinski definition) is 0. The molecule has 0 fully saturated rings. The highest BCUT2D eigenvalue weighted by atomic mass is 127. The van der Waals surface area contributed by atoms with Gasteiger partial charge in [-0.1, -0.05) is 18.2 Å². The highest BCUT2D eigenvalue weighted by molar-refractivity contribution is 14.1. The van der Waals surface area contributed by atoms with Crippen molar-refractivity contribution in [2.45, 2.75) is 13.3 Å². The molecule has 0 saturated carbocycles. The Morgan fingerprint density at radius 1 is 1.33 bits per heavy atom. The number of carbonyl (C=O) groups excluding carboxylic acids is 2. The Morgan fingerprint density at radius 2 is 2.00 bits per heavy atom. The van der Waals surface area contributed by atoms with Crippen LogP contribution in [0.1, 0.15) is 12.5 Å². The first-order valence-corrected chi connectivity index (χ1v) is 5.66. The fraction of sp³-hybridized carbons (Fsp3) is 0.273. The van der Waals surface area contributed by atoms with Crippen molar-refractivity contribution in [3.63, 3.8) is 0 Å². The summed E-state index contributed by atoms with van der Waals surface area (Å²) in [6.45, 7) is 1.91. The Morgan fingerprint density at radius 3 is 2.60 bits per heavy atom. The van der Waals surface area contributed by atoms with Crippen molar-refractivity contribution in [2.24, 2.45) is 0 Å². The minimum atomic E-state index is -0.753. The predicted octanol–water partition coefficient (Wildman–Crippen LogP) is 1.97. The van der Waals surface area contributed by atoms with Gasteiger partial charge >= 0.3 is 5.97 Å². The SMILES string of the molecule is CCOC(=O)C(=O)Cc1ccccc1I. The number of esters is 1. The fourth-order valence-electron chi connectivity index (χ4n) is 1.10. The van der Waals surface area contributed by atoms with E-state index < -0.39 is 11.8 Å². The summed E-state index contributed by atoms with van der Waals surface area (Å²) in [5.41, 5.74) is 0.858. The number of ether oxygens (including phenoxy) is 1. The van der Waals surface area contributed by atoms with E-state index in [1.54, 1.807) is 6.92 Å². The average Bonchev–Trinajstić information content (AvgIpc) is 2.21. The van der Waals surface area contributed by atoms with Gasteiger partial charge in [-0.25, -0.2) is 4.79 Å². The van der Waals surface area contributed by atoms with Gasteiger partial charge in [-0.05, 0) is 41.1 Å². The number of rotatable bonds is 4. The molecule has 3 nitrogen and oxygen atoms in total. The first-order valence-electron chi connectivity index (χ1n) is 4.58. The Balaban J connectivity index is 2.67. The highest BCUT2D eigenvalue weighted by Crippen LogP contribution is 2.12. The first kappa shape index (κ1) is 12.2. The van der Waals surface area contributed by atoms with Crippen molar-refractivity contribution in [2.75, 3.05) is 6.61 Å². The van der Waals surface area contributed by atoms with E-state index in [4.69, 9.17) is 0 Å². The molecule has 15 heavy (non-hydrogen) atoms. The van der Waals surface area contributed by atoms with E-state index in [2.05, 4.69) is 27.3 Å². The Hall–Kier alpha value is -0.910. The summed E-state index contributed by atoms with van der Waals surface area (Å²) in [6.07, 6.45) is 0.109. The van der Waals surface area contributed by atoms with Crippen LogP contribution in [0.25, 0.3) is 0 Å². The molecule has 0 aromatic heterocycles. The van der Waals surface area contributed by atoms with Crippen LogP contribution in [-0.4, -0.2) is 18.4 Å². The Kier molecular flexibility index (Phi) is 4.74. The molecule has 0 atom stereocenters. The molecule has 0 bridgehead atoms. The molecular weight excluding hydrogens is 307 g/mol. The summed E-state index contributed by atoms with van der Waals surface area (Å²) >= 11 is 2.13. The van der Waals surface area contributed by atoms with Gasteiger partial charge < -0.3 is 4.74 Å². The maximum absolute atomic E-state index is 11.4. The van der Waals surface area contributed by atoms with Crippen LogP contribution in [0.5, 0.6) is 0 Å². The molecular formula is C11H11IO3. The standard InChI is InChI=1S/C11H11IO3/c1-2-15-11(14)10(13)7-8-5-3-4-6-9(8)12/h3-6H,2,7H2,1H3. The molecule has 4 heteroatoms. The number of halogens is 1. The molecule has 0 aliphatic rings. The van der Waals surface area contributed by atoms with Crippen LogP contribution in [0.4, 0.5) is 0 Å². The van der Waals surface area contributed by atoms with Crippen molar-refractivity contribution in [3.8, 4) is 0 Å². The van der Waals surface area contributed by atoms with Gasteiger partial charge in [0.05, 0.1) is 6.61 Å². The highest BCUT2D eigenvalue weighted by Gasteiger charge is 2.16. The topological polar surface area (TPSA) is 43.4 Å². The zero-order chi connectivity index (χ0) is 11.3. The molecule has 0 unspecified atom stereocenters. The number of benzene rings is 1. The average molecular weight is 318 g/mol. The summed E-state index contributed by atoms with van der Waals surface area (Å²) < 4.78 is 5.60. The van der Waals surface area contributed by atoms with Crippen LogP contribution in [0.3, 0.4) is 0 Å². The third-order valence-corrected chi connectivity index (χ3v) is 2.86. The normalized spacial score (nSPS) is 9.73. The number of ketones is 1. The Labute approximate surface area is 102 Å². The van der Waals surface area contributed by atoms with Gasteiger partial charge in [0.1, 0.15) is 0 Å². The quantitative estimate of drug-likeness (QED) is 0.484. The molecule has 0 spiro atoms. The first-order chi connectivity index (χ1) is 7.15. The van der Waals surface area contributed by atoms with E-state index in [0.29, 0.717) is 0 Å². The van der Waals surface area contributed by atoms with Crippen molar-refractivity contribution >= 4 is 34.3 Å². The molecule has 0 aliphatic heterocycles. The van der Waals surface area contributed by atoms with Crippen LogP contribution >= 0.6 is 22.6 Å². The number of carbonyl (C=O) groups is 2. The van der Waals surface area contributed by atoms with Gasteiger partial charge in [-0.15, -0.1) is 0 Å². The van der Waals surface area contributed by atoms with Gasteiger partial charge in [0.2, 0.25) is 5.78 Å². The largest absolute Gasteiger partial charge is 0.460 e. The van der Waals surface area contributed by atoms with Gasteiger partial charge in [-0.2, -0.15) is 0 Å². The van der Waals surface area contributed by atoms with Gasteiger partial charge in [0.25, 0.3) is 0 Å². The van der Waals surface area contributed by atoms with E-state index in [1.807, 2.05) is 24.3 Å². The van der Waals surface area contributed by atoms with Gasteiger partial charge in [0, 0.05) is 9.99 Å². The zero-order valence-electron chi connectivity index (χ0n) is 8.33. The van der Waals surface area contributed by atoms with E-state index in [9.17, 15) is 9.59 Å². The van der Waals surface area contributed by atoms with E-state index in [-0.39, 0.29) is 13.0 Å². The molecule has 0 amide bonds. The third kappa shape index (κ3) is 3.62. The Bertz CT molecular complexity index is 374. The molecule has 0 radical (unpaired) electrons. The summed E-state index contributed by atoms with van der Waals surface area (Å²) in [5.74, 6) is -1.25. The molecule has 0 aliphatic carbocycles. The summed E-state index contributed by atoms with van der Waals surface area (Å²) in [5, 5.41) is 0. The second-order valence-corrected chi connectivity index (χ2v) is 4.07. The van der Waals surface area contributed by atoms with Gasteiger partial charge in [0.15, 0.2) is 0 Å². The van der Waals surface area contributed by atoms with Crippen LogP contribution in [0.2, 0.25) is 0 Å². The van der Waals surface area contributed by atoms with Crippen LogP contribution in [0, 0.1) is 3.57 Å². The lowest BCUT2D eigenvalue weighted by atomic mass is 10.1. The monoisotopic (exact) mass is 318 g/mol. The molecule has 0 saturated heterocycles. The smallest absolute Gasteiger partial charge is 0.374 e. The van der Waals surface area contributed by atoms with Crippen molar-refractivity contribution in [3.05, 3.63) is 33.4 Å².